The Morgan fingerprint density at radius 2 is 2.00 bits per heavy atom. The Morgan fingerprint density at radius 3 is 2.62 bits per heavy atom. The Kier molecular flexibility index (Phi) is 7.71. The molecule has 0 aromatic heterocycles. The average Bonchev–Trinajstić information content (AvgIpc) is 2.44. The van der Waals surface area contributed by atoms with Crippen molar-refractivity contribution in [1.82, 2.24) is 4.90 Å². The lowest BCUT2D eigenvalue weighted by atomic mass is 9.94. The third kappa shape index (κ3) is 5.61. The van der Waals surface area contributed by atoms with Crippen molar-refractivity contribution in [3.63, 3.8) is 0 Å². The van der Waals surface area contributed by atoms with Crippen molar-refractivity contribution in [2.75, 3.05) is 18.9 Å². The predicted octanol–water partition coefficient (Wildman–Crippen LogP) is 4.38. The SMILES string of the molecule is Cc1ccc(NC(=O)CN(C)C2CCCCC2)cc1Br.Cl. The number of nitrogens with one attached hydrogen (secondary N) is 1. The molecule has 1 fully saturated rings. The largest absolute Gasteiger partial charge is 0.325 e. The van der Waals surface area contributed by atoms with Gasteiger partial charge in [-0.2, -0.15) is 0 Å². The molecule has 3 nitrogen and oxygen atoms in total. The molecule has 1 aromatic rings. The molecule has 1 aliphatic rings. The number of halogens is 2. The summed E-state index contributed by atoms with van der Waals surface area (Å²) < 4.78 is 1.02. The molecule has 1 aromatic carbocycles. The molecule has 0 heterocycles. The first-order chi connectivity index (χ1) is 9.56. The predicted molar refractivity (Wildman–Crippen MR) is 94.3 cm³/mol. The maximum Gasteiger partial charge on any atom is 0.238 e. The quantitative estimate of drug-likeness (QED) is 0.847. The van der Waals surface area contributed by atoms with Gasteiger partial charge in [0.2, 0.25) is 5.91 Å². The molecule has 0 aliphatic heterocycles. The van der Waals surface area contributed by atoms with Crippen molar-refractivity contribution >= 4 is 39.9 Å². The molecule has 0 saturated heterocycles. The van der Waals surface area contributed by atoms with Crippen LogP contribution in [0.25, 0.3) is 0 Å². The van der Waals surface area contributed by atoms with Crippen molar-refractivity contribution in [1.29, 1.82) is 0 Å². The number of benzene rings is 1. The van der Waals surface area contributed by atoms with E-state index in [0.717, 1.165) is 10.2 Å². The molecule has 5 heteroatoms. The van der Waals surface area contributed by atoms with Crippen LogP contribution in [-0.2, 0) is 4.79 Å². The fourth-order valence-corrected chi connectivity index (χ4v) is 3.13. The molecular weight excluding hydrogens is 352 g/mol. The Labute approximate surface area is 142 Å². The fourth-order valence-electron chi connectivity index (χ4n) is 2.75. The van der Waals surface area contributed by atoms with Crippen molar-refractivity contribution in [3.05, 3.63) is 28.2 Å². The van der Waals surface area contributed by atoms with E-state index in [2.05, 4.69) is 33.2 Å². The molecule has 1 saturated carbocycles. The summed E-state index contributed by atoms with van der Waals surface area (Å²) in [4.78, 5) is 14.3. The molecule has 1 amide bonds. The molecule has 2 rings (SSSR count). The number of amides is 1. The van der Waals surface area contributed by atoms with Gasteiger partial charge < -0.3 is 5.32 Å². The van der Waals surface area contributed by atoms with Crippen LogP contribution >= 0.6 is 28.3 Å². The summed E-state index contributed by atoms with van der Waals surface area (Å²) in [6, 6.07) is 6.47. The first kappa shape index (κ1) is 18.5. The molecule has 0 atom stereocenters. The van der Waals surface area contributed by atoms with E-state index in [1.165, 1.54) is 37.7 Å². The van der Waals surface area contributed by atoms with Crippen molar-refractivity contribution in [2.24, 2.45) is 0 Å². The summed E-state index contributed by atoms with van der Waals surface area (Å²) in [6.45, 7) is 2.50. The Balaban J connectivity index is 0.00000220. The topological polar surface area (TPSA) is 32.3 Å². The van der Waals surface area contributed by atoms with Crippen LogP contribution < -0.4 is 5.32 Å². The zero-order chi connectivity index (χ0) is 14.5. The molecule has 118 valence electrons. The van der Waals surface area contributed by atoms with Crippen molar-refractivity contribution in [2.45, 2.75) is 45.1 Å². The van der Waals surface area contributed by atoms with E-state index >= 15 is 0 Å². The highest BCUT2D eigenvalue weighted by molar-refractivity contribution is 9.10. The van der Waals surface area contributed by atoms with Crippen molar-refractivity contribution < 1.29 is 4.79 Å². The van der Waals surface area contributed by atoms with Crippen LogP contribution in [0.1, 0.15) is 37.7 Å². The number of nitrogens with zero attached hydrogens (tertiary/aromatic N) is 1. The van der Waals surface area contributed by atoms with Crippen LogP contribution in [0.4, 0.5) is 5.69 Å². The van der Waals surface area contributed by atoms with Crippen molar-refractivity contribution in [3.8, 4) is 0 Å². The number of hydrogen-bond acceptors (Lipinski definition) is 2. The van der Waals surface area contributed by atoms with Crippen LogP contribution in [0, 0.1) is 6.92 Å². The lowest BCUT2D eigenvalue weighted by Crippen LogP contribution is -2.39. The maximum absolute atomic E-state index is 12.1. The zero-order valence-corrected chi connectivity index (χ0v) is 15.1. The summed E-state index contributed by atoms with van der Waals surface area (Å²) >= 11 is 3.49. The Morgan fingerprint density at radius 1 is 1.33 bits per heavy atom. The lowest BCUT2D eigenvalue weighted by molar-refractivity contribution is -0.117. The summed E-state index contributed by atoms with van der Waals surface area (Å²) in [5, 5.41) is 2.97. The molecular formula is C16H24BrClN2O. The van der Waals surface area contributed by atoms with E-state index in [1.807, 2.05) is 25.1 Å². The second kappa shape index (κ2) is 8.76. The van der Waals surface area contributed by atoms with Crippen LogP contribution in [0.3, 0.4) is 0 Å². The number of carbonyl (C=O) groups excluding carboxylic acids is 1. The van der Waals surface area contributed by atoms with Gasteiger partial charge in [0.15, 0.2) is 0 Å². The third-order valence-electron chi connectivity index (χ3n) is 4.05. The average molecular weight is 376 g/mol. The monoisotopic (exact) mass is 374 g/mol. The normalized spacial score (nSPS) is 15.6. The Hall–Kier alpha value is -0.580. The summed E-state index contributed by atoms with van der Waals surface area (Å²) in [5.41, 5.74) is 2.02. The second-order valence-corrected chi connectivity index (χ2v) is 6.57. The number of rotatable bonds is 4. The lowest BCUT2D eigenvalue weighted by Gasteiger charge is -2.30. The van der Waals surface area contributed by atoms with Crippen LogP contribution in [0.15, 0.2) is 22.7 Å². The van der Waals surface area contributed by atoms with Gasteiger partial charge in [0, 0.05) is 16.2 Å². The number of carbonyl (C=O) groups is 1. The highest BCUT2D eigenvalue weighted by Gasteiger charge is 2.19. The molecule has 0 bridgehead atoms. The molecule has 21 heavy (non-hydrogen) atoms. The van der Waals surface area contributed by atoms with Gasteiger partial charge in [-0.15, -0.1) is 12.4 Å². The highest BCUT2D eigenvalue weighted by atomic mass is 79.9. The van der Waals surface area contributed by atoms with Gasteiger partial charge in [0.05, 0.1) is 6.54 Å². The molecule has 0 radical (unpaired) electrons. The number of hydrogen-bond donors (Lipinski definition) is 1. The summed E-state index contributed by atoms with van der Waals surface area (Å²) in [6.07, 6.45) is 6.37. The standard InChI is InChI=1S/C16H23BrN2O.ClH/c1-12-8-9-13(10-15(12)17)18-16(20)11-19(2)14-6-4-3-5-7-14;/h8-10,14H,3-7,11H2,1-2H3,(H,18,20);1H. The summed E-state index contributed by atoms with van der Waals surface area (Å²) in [5.74, 6) is 0.0637. The first-order valence-electron chi connectivity index (χ1n) is 7.32. The number of anilines is 1. The van der Waals surface area contributed by atoms with Crippen LogP contribution in [-0.4, -0.2) is 30.4 Å². The minimum absolute atomic E-state index is 0. The number of aryl methyl sites for hydroxylation is 1. The van der Waals surface area contributed by atoms with Gasteiger partial charge in [-0.05, 0) is 44.5 Å². The minimum atomic E-state index is 0. The maximum atomic E-state index is 12.1. The zero-order valence-electron chi connectivity index (χ0n) is 12.7. The molecule has 0 unspecified atom stereocenters. The molecule has 1 aliphatic carbocycles. The highest BCUT2D eigenvalue weighted by Crippen LogP contribution is 2.22. The van der Waals surface area contributed by atoms with Gasteiger partial charge >= 0.3 is 0 Å². The minimum Gasteiger partial charge on any atom is -0.325 e. The van der Waals surface area contributed by atoms with Gasteiger partial charge in [0.25, 0.3) is 0 Å². The number of likely N-dealkylation sites (N-methyl/N-ethyl adjacent to an activating group) is 1. The van der Waals surface area contributed by atoms with Gasteiger partial charge in [-0.25, -0.2) is 0 Å². The molecule has 0 spiro atoms. The fraction of sp³-hybridized carbons (Fsp3) is 0.562. The van der Waals surface area contributed by atoms with E-state index in [4.69, 9.17) is 0 Å². The van der Waals surface area contributed by atoms with Gasteiger partial charge in [0.1, 0.15) is 0 Å². The van der Waals surface area contributed by atoms with E-state index in [-0.39, 0.29) is 18.3 Å². The van der Waals surface area contributed by atoms with E-state index in [1.54, 1.807) is 0 Å². The third-order valence-corrected chi connectivity index (χ3v) is 4.90. The smallest absolute Gasteiger partial charge is 0.238 e. The van der Waals surface area contributed by atoms with E-state index < -0.39 is 0 Å². The summed E-state index contributed by atoms with van der Waals surface area (Å²) in [7, 11) is 2.06. The Bertz CT molecular complexity index is 475. The van der Waals surface area contributed by atoms with E-state index in [0.29, 0.717) is 12.6 Å². The molecule has 1 N–H and O–H groups in total. The van der Waals surface area contributed by atoms with E-state index in [9.17, 15) is 4.79 Å². The van der Waals surface area contributed by atoms with Crippen LogP contribution in [0.2, 0.25) is 0 Å². The first-order valence-corrected chi connectivity index (χ1v) is 8.12. The van der Waals surface area contributed by atoms with Crippen LogP contribution in [0.5, 0.6) is 0 Å². The second-order valence-electron chi connectivity index (χ2n) is 5.72. The van der Waals surface area contributed by atoms with Gasteiger partial charge in [-0.3, -0.25) is 9.69 Å². The van der Waals surface area contributed by atoms with Gasteiger partial charge in [-0.1, -0.05) is 41.3 Å².